The summed E-state index contributed by atoms with van der Waals surface area (Å²) >= 11 is 6.29. The van der Waals surface area contributed by atoms with Gasteiger partial charge in [0.2, 0.25) is 11.8 Å². The number of ether oxygens (including phenoxy) is 4. The van der Waals surface area contributed by atoms with Crippen LogP contribution in [0.4, 0.5) is 17.5 Å². The first-order valence-corrected chi connectivity index (χ1v) is 32.1. The number of carbonyl (C=O) groups is 2. The van der Waals surface area contributed by atoms with E-state index in [-0.39, 0.29) is 44.1 Å². The van der Waals surface area contributed by atoms with Crippen molar-refractivity contribution in [3.05, 3.63) is 101 Å². The van der Waals surface area contributed by atoms with Crippen molar-refractivity contribution in [2.24, 2.45) is 10.8 Å². The van der Waals surface area contributed by atoms with Gasteiger partial charge in [0.05, 0.1) is 49.8 Å². The molecule has 9 heterocycles. The molecule has 0 radical (unpaired) electrons. The maximum atomic E-state index is 13.5. The lowest BCUT2D eigenvalue weighted by Gasteiger charge is -2.33. The average molecular weight is 1230 g/mol. The first-order valence-electron chi connectivity index (χ1n) is 28.8. The second kappa shape index (κ2) is 25.2. The zero-order valence-electron chi connectivity index (χ0n) is 48.8. The fraction of sp³-hybridized carbons (Fsp3) is 0.517. The molecule has 6 aromatic heterocycles. The van der Waals surface area contributed by atoms with Gasteiger partial charge in [-0.05, 0) is 151 Å². The number of rotatable bonds is 20. The molecule has 0 aromatic carbocycles. The Kier molecular flexibility index (Phi) is 18.1. The normalized spacial score (nSPS) is 20.5. The third-order valence-corrected chi connectivity index (χ3v) is 18.7. The van der Waals surface area contributed by atoms with Crippen molar-refractivity contribution >= 4 is 60.9 Å². The average Bonchev–Trinajstić information content (AvgIpc) is 4.28. The van der Waals surface area contributed by atoms with E-state index in [2.05, 4.69) is 87.4 Å². The van der Waals surface area contributed by atoms with E-state index in [0.29, 0.717) is 104 Å². The highest BCUT2D eigenvalue weighted by Crippen LogP contribution is 2.49. The molecular weight excluding hydrogens is 1150 g/mol. The number of fused-ring (bicyclic) bond motifs is 6. The molecule has 4 fully saturated rings. The van der Waals surface area contributed by atoms with Crippen molar-refractivity contribution in [2.75, 3.05) is 68.1 Å². The van der Waals surface area contributed by atoms with Crippen molar-refractivity contribution in [1.29, 1.82) is 0 Å². The molecule has 5 N–H and O–H groups in total. The lowest BCUT2D eigenvalue weighted by Crippen LogP contribution is -2.41. The lowest BCUT2D eigenvalue weighted by molar-refractivity contribution is 0.0705. The van der Waals surface area contributed by atoms with Crippen LogP contribution in [0.2, 0.25) is 5.15 Å². The molecule has 24 nitrogen and oxygen atoms in total. The molecule has 2 saturated carbocycles. The van der Waals surface area contributed by atoms with Crippen LogP contribution < -0.4 is 39.8 Å². The van der Waals surface area contributed by atoms with Crippen LogP contribution in [0.3, 0.4) is 0 Å². The van der Waals surface area contributed by atoms with Gasteiger partial charge >= 0.3 is 0 Å². The van der Waals surface area contributed by atoms with Crippen LogP contribution in [-0.4, -0.2) is 144 Å². The summed E-state index contributed by atoms with van der Waals surface area (Å²) in [6.45, 7) is 17.1. The van der Waals surface area contributed by atoms with Gasteiger partial charge in [-0.2, -0.15) is 16.8 Å². The number of amides is 2. The van der Waals surface area contributed by atoms with Gasteiger partial charge < -0.3 is 39.8 Å². The quantitative estimate of drug-likeness (QED) is 0.0365. The number of pyridine rings is 4. The fourth-order valence-corrected chi connectivity index (χ4v) is 12.6. The highest BCUT2D eigenvalue weighted by atomic mass is 35.5. The summed E-state index contributed by atoms with van der Waals surface area (Å²) in [5.74, 6) is 1.11. The molecule has 6 aromatic rings. The molecule has 2 amide bonds. The molecule has 11 rings (SSSR count). The lowest BCUT2D eigenvalue weighted by atomic mass is 10.0. The number of carbonyl (C=O) groups excluding carboxylic acids is 2. The molecule has 85 heavy (non-hydrogen) atoms. The monoisotopic (exact) mass is 1230 g/mol. The van der Waals surface area contributed by atoms with Gasteiger partial charge in [0.25, 0.3) is 31.9 Å². The molecule has 456 valence electrons. The Morgan fingerprint density at radius 2 is 1.46 bits per heavy atom. The molecule has 2 aliphatic carbocycles. The maximum absolute atomic E-state index is 13.5. The third-order valence-electron chi connectivity index (χ3n) is 16.0. The Hall–Kier alpha value is -6.97. The summed E-state index contributed by atoms with van der Waals surface area (Å²) in [5.41, 5.74) is 0.615. The predicted octanol–water partition coefficient (Wildman–Crippen LogP) is 7.50. The number of anilines is 3. The number of nitrogens with zero attached hydrogens (tertiary/aromatic N) is 9. The molecule has 2 saturated heterocycles. The van der Waals surface area contributed by atoms with Crippen LogP contribution in [0, 0.1) is 10.8 Å². The Labute approximate surface area is 501 Å². The second-order valence-corrected chi connectivity index (χ2v) is 27.9. The molecule has 3 aliphatic heterocycles. The summed E-state index contributed by atoms with van der Waals surface area (Å²) in [7, 11) is -8.54. The largest absolute Gasteiger partial charge is 0.477 e. The van der Waals surface area contributed by atoms with Gasteiger partial charge in [0.15, 0.2) is 21.7 Å². The van der Waals surface area contributed by atoms with Crippen LogP contribution in [0.5, 0.6) is 11.8 Å². The number of hydrogen-bond acceptors (Lipinski definition) is 20. The SMILES string of the molecule is CC1(CCCOc2ccn(-c3ccc(C(=O)NS(=O)(=O)c4cccc(NCCOC5CNC(C)(C)C5)n4)c(Cl)n3)n2)CC1.CC1(CCCOc2ccn(-c3ccc4c(n3)N3CC(CC3(C)C)OCCNc3cccc(n3)S(=O)(=O)NC4=O)n2)CC1. The highest BCUT2D eigenvalue weighted by Gasteiger charge is 2.42. The minimum Gasteiger partial charge on any atom is -0.477 e. The van der Waals surface area contributed by atoms with Crippen molar-refractivity contribution in [1.82, 2.24) is 54.3 Å². The minimum absolute atomic E-state index is 0.0568. The van der Waals surface area contributed by atoms with E-state index in [1.807, 2.05) is 9.62 Å². The molecule has 5 aliphatic rings. The Balaban J connectivity index is 0.000000189. The van der Waals surface area contributed by atoms with E-state index in [1.165, 1.54) is 60.7 Å². The van der Waals surface area contributed by atoms with E-state index in [1.54, 1.807) is 59.5 Å². The summed E-state index contributed by atoms with van der Waals surface area (Å²) in [6.07, 6.45) is 14.4. The second-order valence-electron chi connectivity index (χ2n) is 24.3. The smallest absolute Gasteiger partial charge is 0.281 e. The summed E-state index contributed by atoms with van der Waals surface area (Å²) in [6, 6.07) is 18.7. The standard InChI is InChI=1S/C29H38ClN7O5S.C29H37N7O5S/c1-28(2)18-20(19-32-28)41-17-14-31-22-6-4-7-25(33-22)43(39,40)36-27(38)21-8-9-23(34-26(21)30)37-15-10-24(35-37)42-16-5-11-29(3)12-13-29;1-28(2)18-20-19-35(28)26-21(27(37)34-42(38,39)25-7-4-6-22(31-25)30-14-17-40-20)8-9-23(32-26)36-15-10-24(33-36)41-16-5-11-29(3)12-13-29/h4,6-10,15,20,32H,5,11-14,16-19H2,1-3H3,(H,31,33)(H,36,38);4,6-10,15,20H,5,11-14,16-19H2,1-3H3,(H,30,31)(H,34,37). The van der Waals surface area contributed by atoms with Gasteiger partial charge in [-0.15, -0.1) is 10.2 Å². The Bertz CT molecular complexity index is 3610. The van der Waals surface area contributed by atoms with Crippen molar-refractivity contribution in [3.8, 4) is 23.4 Å². The van der Waals surface area contributed by atoms with Crippen LogP contribution in [-0.2, 0) is 29.5 Å². The van der Waals surface area contributed by atoms with E-state index in [9.17, 15) is 26.4 Å². The minimum atomic E-state index is -4.29. The molecular formula is C58H75ClN14O10S2. The number of sulfonamides is 2. The van der Waals surface area contributed by atoms with Gasteiger partial charge in [0.1, 0.15) is 22.6 Å². The van der Waals surface area contributed by atoms with Gasteiger partial charge in [0, 0.05) is 61.8 Å². The van der Waals surface area contributed by atoms with Gasteiger partial charge in [-0.25, -0.2) is 38.7 Å². The van der Waals surface area contributed by atoms with Crippen LogP contribution in [0.1, 0.15) is 126 Å². The Morgan fingerprint density at radius 1 is 0.800 bits per heavy atom. The molecule has 2 atom stereocenters. The first-order chi connectivity index (χ1) is 40.4. The Morgan fingerprint density at radius 3 is 2.11 bits per heavy atom. The first kappa shape index (κ1) is 61.1. The van der Waals surface area contributed by atoms with Crippen LogP contribution >= 0.6 is 11.6 Å². The fourth-order valence-electron chi connectivity index (χ4n) is 10.5. The zero-order chi connectivity index (χ0) is 60.2. The van der Waals surface area contributed by atoms with Crippen LogP contribution in [0.15, 0.2) is 95.2 Å². The number of aromatic nitrogens is 8. The molecule has 2 unspecified atom stereocenters. The van der Waals surface area contributed by atoms with Crippen molar-refractivity contribution in [2.45, 2.75) is 139 Å². The van der Waals surface area contributed by atoms with E-state index in [0.717, 1.165) is 38.6 Å². The van der Waals surface area contributed by atoms with Crippen LogP contribution in [0.25, 0.3) is 11.6 Å². The summed E-state index contributed by atoms with van der Waals surface area (Å²) in [4.78, 5) is 45.8. The number of hydrogen-bond donors (Lipinski definition) is 5. The molecule has 4 bridgehead atoms. The van der Waals surface area contributed by atoms with E-state index < -0.39 is 37.4 Å². The summed E-state index contributed by atoms with van der Waals surface area (Å²) < 4.78 is 83.2. The number of halogens is 1. The topological polar surface area (TPSA) is 290 Å². The predicted molar refractivity (Wildman–Crippen MR) is 319 cm³/mol. The zero-order valence-corrected chi connectivity index (χ0v) is 51.2. The molecule has 0 spiro atoms. The third kappa shape index (κ3) is 15.9. The van der Waals surface area contributed by atoms with Gasteiger partial charge in [-0.1, -0.05) is 37.6 Å². The summed E-state index contributed by atoms with van der Waals surface area (Å²) in [5, 5.41) is 17.7. The van der Waals surface area contributed by atoms with Crippen molar-refractivity contribution in [3.63, 3.8) is 0 Å². The van der Waals surface area contributed by atoms with Crippen molar-refractivity contribution < 1.29 is 45.4 Å². The number of nitrogens with one attached hydrogen (secondary N) is 5. The van der Waals surface area contributed by atoms with E-state index in [4.69, 9.17) is 35.5 Å². The van der Waals surface area contributed by atoms with Gasteiger partial charge in [-0.3, -0.25) is 9.59 Å². The maximum Gasteiger partial charge on any atom is 0.281 e. The highest BCUT2D eigenvalue weighted by molar-refractivity contribution is 7.90. The van der Waals surface area contributed by atoms with E-state index >= 15 is 0 Å². The molecule has 27 heteroatoms.